The highest BCUT2D eigenvalue weighted by Gasteiger charge is 2.46. The van der Waals surface area contributed by atoms with Crippen molar-refractivity contribution in [3.8, 4) is 17.2 Å². The van der Waals surface area contributed by atoms with Gasteiger partial charge in [0.2, 0.25) is 0 Å². The molecule has 1 amide bonds. The molecule has 3 aromatic rings. The number of aromatic hydroxyl groups is 1. The summed E-state index contributed by atoms with van der Waals surface area (Å²) in [5.74, 6) is -1.29. The number of ketones is 1. The van der Waals surface area contributed by atoms with Crippen LogP contribution in [0, 0.1) is 0 Å². The third-order valence-corrected chi connectivity index (χ3v) is 6.31. The van der Waals surface area contributed by atoms with Gasteiger partial charge in [-0.3, -0.25) is 9.59 Å². The maximum Gasteiger partial charge on any atom is 0.295 e. The fourth-order valence-electron chi connectivity index (χ4n) is 4.35. The van der Waals surface area contributed by atoms with Gasteiger partial charge >= 0.3 is 0 Å². The van der Waals surface area contributed by atoms with Crippen molar-refractivity contribution in [2.75, 3.05) is 19.8 Å². The first-order chi connectivity index (χ1) is 17.8. The van der Waals surface area contributed by atoms with Crippen LogP contribution in [-0.4, -0.2) is 56.1 Å². The van der Waals surface area contributed by atoms with Crippen molar-refractivity contribution >= 4 is 29.1 Å². The zero-order valence-corrected chi connectivity index (χ0v) is 21.3. The van der Waals surface area contributed by atoms with Crippen LogP contribution in [0.15, 0.2) is 60.7 Å². The van der Waals surface area contributed by atoms with Crippen LogP contribution in [-0.2, 0) is 16.1 Å². The summed E-state index contributed by atoms with van der Waals surface area (Å²) >= 11 is 6.32. The maximum absolute atomic E-state index is 13.3. The summed E-state index contributed by atoms with van der Waals surface area (Å²) in [4.78, 5) is 31.9. The lowest BCUT2D eigenvalue weighted by Gasteiger charge is -2.26. The smallest absolute Gasteiger partial charge is 0.295 e. The number of aromatic nitrogens is 2. The van der Waals surface area contributed by atoms with Gasteiger partial charge < -0.3 is 29.2 Å². The molecule has 1 saturated heterocycles. The predicted molar refractivity (Wildman–Crippen MR) is 138 cm³/mol. The van der Waals surface area contributed by atoms with E-state index < -0.39 is 17.7 Å². The van der Waals surface area contributed by atoms with Crippen LogP contribution < -0.4 is 9.47 Å². The predicted octanol–water partition coefficient (Wildman–Crippen LogP) is 4.55. The van der Waals surface area contributed by atoms with Gasteiger partial charge in [0.15, 0.2) is 11.5 Å². The van der Waals surface area contributed by atoms with Crippen LogP contribution in [0.4, 0.5) is 0 Å². The molecule has 1 atom stereocenters. The second-order valence-electron chi connectivity index (χ2n) is 8.38. The topological polar surface area (TPSA) is 114 Å². The standard InChI is InChI=1S/C27H28ClN3O6/c1-3-36-21-9-7-18(14-19(21)28)25(33)23-24(17-6-8-20(32)22(15-17)37-4-2)31(27(35)26(23)34)12-5-11-30-13-10-29-16-30/h6-10,13-16,24,32-33H,3-5,11-12H2,1-2H3/b25-23-. The average Bonchev–Trinajstić information content (AvgIpc) is 3.49. The summed E-state index contributed by atoms with van der Waals surface area (Å²) in [5.41, 5.74) is 0.723. The number of hydrogen-bond acceptors (Lipinski definition) is 7. The first-order valence-corrected chi connectivity index (χ1v) is 12.4. The number of ether oxygens (including phenoxy) is 2. The minimum atomic E-state index is -0.895. The molecule has 1 aromatic heterocycles. The van der Waals surface area contributed by atoms with Crippen molar-refractivity contribution in [1.29, 1.82) is 0 Å². The highest BCUT2D eigenvalue weighted by molar-refractivity contribution is 6.46. The van der Waals surface area contributed by atoms with E-state index in [0.717, 1.165) is 0 Å². The highest BCUT2D eigenvalue weighted by Crippen LogP contribution is 2.42. The third kappa shape index (κ3) is 5.41. The molecule has 2 aromatic carbocycles. The molecule has 10 heteroatoms. The molecule has 2 N–H and O–H groups in total. The number of aliphatic hydroxyl groups is 1. The molecular formula is C27H28ClN3O6. The Bertz CT molecular complexity index is 1320. The van der Waals surface area contributed by atoms with Gasteiger partial charge in [-0.1, -0.05) is 17.7 Å². The number of phenolic OH excluding ortho intramolecular Hbond substituents is 1. The second-order valence-corrected chi connectivity index (χ2v) is 8.79. The van der Waals surface area contributed by atoms with E-state index in [1.165, 1.54) is 17.0 Å². The van der Waals surface area contributed by atoms with Gasteiger partial charge in [-0.2, -0.15) is 0 Å². The largest absolute Gasteiger partial charge is 0.507 e. The maximum atomic E-state index is 13.3. The molecule has 2 heterocycles. The molecule has 0 spiro atoms. The molecule has 0 saturated carbocycles. The van der Waals surface area contributed by atoms with Gasteiger partial charge in [0.25, 0.3) is 11.7 Å². The van der Waals surface area contributed by atoms with Crippen LogP contribution >= 0.6 is 11.6 Å². The lowest BCUT2D eigenvalue weighted by atomic mass is 9.95. The fourth-order valence-corrected chi connectivity index (χ4v) is 4.58. The SMILES string of the molecule is CCOc1cc(C2/C(=C(/O)c3ccc(OCC)c(Cl)c3)C(=O)C(=O)N2CCCn2ccnc2)ccc1O. The number of Topliss-reactive ketones (excluding diaryl/α,β-unsaturated/α-hetero) is 1. The first-order valence-electron chi connectivity index (χ1n) is 12.0. The van der Waals surface area contributed by atoms with Crippen LogP contribution in [0.1, 0.15) is 37.4 Å². The number of halogens is 1. The molecule has 4 rings (SSSR count). The molecular weight excluding hydrogens is 498 g/mol. The second kappa shape index (κ2) is 11.4. The highest BCUT2D eigenvalue weighted by atomic mass is 35.5. The Balaban J connectivity index is 1.77. The molecule has 1 aliphatic rings. The average molecular weight is 526 g/mol. The van der Waals surface area contributed by atoms with Gasteiger partial charge in [-0.15, -0.1) is 0 Å². The summed E-state index contributed by atoms with van der Waals surface area (Å²) in [6.45, 7) is 5.17. The number of likely N-dealkylation sites (tertiary alicyclic amines) is 1. The van der Waals surface area contributed by atoms with Crippen LogP contribution in [0.3, 0.4) is 0 Å². The molecule has 37 heavy (non-hydrogen) atoms. The molecule has 0 radical (unpaired) electrons. The number of nitrogens with zero attached hydrogens (tertiary/aromatic N) is 3. The van der Waals surface area contributed by atoms with E-state index in [-0.39, 0.29) is 40.0 Å². The first kappa shape index (κ1) is 26.1. The summed E-state index contributed by atoms with van der Waals surface area (Å²) in [5, 5.41) is 21.8. The van der Waals surface area contributed by atoms with E-state index in [2.05, 4.69) is 4.98 Å². The Hall–Kier alpha value is -3.98. The summed E-state index contributed by atoms with van der Waals surface area (Å²) in [7, 11) is 0. The molecule has 1 fully saturated rings. The number of rotatable bonds is 10. The molecule has 194 valence electrons. The Morgan fingerprint density at radius 1 is 1.05 bits per heavy atom. The van der Waals surface area contributed by atoms with Gasteiger partial charge in [0.1, 0.15) is 11.5 Å². The van der Waals surface area contributed by atoms with Crippen molar-refractivity contribution in [3.63, 3.8) is 0 Å². The minimum Gasteiger partial charge on any atom is -0.507 e. The fraction of sp³-hybridized carbons (Fsp3) is 0.296. The Morgan fingerprint density at radius 3 is 2.49 bits per heavy atom. The van der Waals surface area contributed by atoms with E-state index in [4.69, 9.17) is 21.1 Å². The number of carbonyl (C=O) groups is 2. The summed E-state index contributed by atoms with van der Waals surface area (Å²) < 4.78 is 12.9. The van der Waals surface area contributed by atoms with Crippen molar-refractivity contribution in [2.24, 2.45) is 0 Å². The minimum absolute atomic E-state index is 0.0685. The molecule has 9 nitrogen and oxygen atoms in total. The van der Waals surface area contributed by atoms with E-state index in [1.54, 1.807) is 43.7 Å². The lowest BCUT2D eigenvalue weighted by molar-refractivity contribution is -0.139. The van der Waals surface area contributed by atoms with Crippen molar-refractivity contribution in [3.05, 3.63) is 76.8 Å². The van der Waals surface area contributed by atoms with E-state index >= 15 is 0 Å². The van der Waals surface area contributed by atoms with Gasteiger partial charge in [-0.25, -0.2) is 4.98 Å². The zero-order chi connectivity index (χ0) is 26.5. The molecule has 1 aliphatic heterocycles. The molecule has 0 bridgehead atoms. The summed E-state index contributed by atoms with van der Waals surface area (Å²) in [6.07, 6.45) is 5.70. The monoisotopic (exact) mass is 525 g/mol. The number of amides is 1. The van der Waals surface area contributed by atoms with E-state index in [0.29, 0.717) is 37.5 Å². The van der Waals surface area contributed by atoms with Crippen molar-refractivity contribution in [2.45, 2.75) is 32.9 Å². The van der Waals surface area contributed by atoms with Crippen LogP contribution in [0.2, 0.25) is 5.02 Å². The van der Waals surface area contributed by atoms with Crippen LogP contribution in [0.5, 0.6) is 17.2 Å². The normalized spacial score (nSPS) is 16.8. The number of aliphatic hydroxyl groups excluding tert-OH is 1. The number of hydrogen-bond donors (Lipinski definition) is 2. The number of carbonyl (C=O) groups excluding carboxylic acids is 2. The van der Waals surface area contributed by atoms with E-state index in [1.807, 2.05) is 17.7 Å². The van der Waals surface area contributed by atoms with Crippen LogP contribution in [0.25, 0.3) is 5.76 Å². The number of aryl methyl sites for hydroxylation is 1. The summed E-state index contributed by atoms with van der Waals surface area (Å²) in [6, 6.07) is 8.41. The van der Waals surface area contributed by atoms with E-state index in [9.17, 15) is 19.8 Å². The van der Waals surface area contributed by atoms with Gasteiger partial charge in [0.05, 0.1) is 36.2 Å². The number of benzene rings is 2. The number of imidazole rings is 1. The van der Waals surface area contributed by atoms with Gasteiger partial charge in [-0.05, 0) is 56.2 Å². The third-order valence-electron chi connectivity index (χ3n) is 6.02. The molecule has 0 aliphatic carbocycles. The van der Waals surface area contributed by atoms with Gasteiger partial charge in [0, 0.05) is 31.0 Å². The van der Waals surface area contributed by atoms with Crippen molar-refractivity contribution < 1.29 is 29.3 Å². The Kier molecular flexibility index (Phi) is 8.03. The Morgan fingerprint density at radius 2 is 1.81 bits per heavy atom. The van der Waals surface area contributed by atoms with Crippen molar-refractivity contribution in [1.82, 2.24) is 14.5 Å². The lowest BCUT2D eigenvalue weighted by Crippen LogP contribution is -2.31. The quantitative estimate of drug-likeness (QED) is 0.227. The molecule has 1 unspecified atom stereocenters. The number of phenols is 1. The zero-order valence-electron chi connectivity index (χ0n) is 20.6. The Labute approximate surface area is 219 Å².